The second-order valence-electron chi connectivity index (χ2n) is 2.55. The van der Waals surface area contributed by atoms with Gasteiger partial charge in [0.05, 0.1) is 0 Å². The molecule has 0 heterocycles. The van der Waals surface area contributed by atoms with E-state index in [0.29, 0.717) is 0 Å². The summed E-state index contributed by atoms with van der Waals surface area (Å²) in [5.41, 5.74) is 0.904. The van der Waals surface area contributed by atoms with Gasteiger partial charge in [0.25, 0.3) is 0 Å². The zero-order valence-corrected chi connectivity index (χ0v) is 8.69. The van der Waals surface area contributed by atoms with Crippen molar-refractivity contribution < 1.29 is 13.7 Å². The third-order valence-corrected chi connectivity index (χ3v) is 2.97. The highest BCUT2D eigenvalue weighted by Gasteiger charge is 2.16. The lowest BCUT2D eigenvalue weighted by atomic mass is 10.2. The van der Waals surface area contributed by atoms with Gasteiger partial charge in [0.1, 0.15) is 0 Å². The summed E-state index contributed by atoms with van der Waals surface area (Å²) in [6.45, 7) is 0. The van der Waals surface area contributed by atoms with Crippen LogP contribution in [0.1, 0.15) is 5.56 Å². The Hall–Kier alpha value is -0.930. The van der Waals surface area contributed by atoms with Crippen LogP contribution < -0.4 is 5.90 Å². The molecule has 0 aromatic heterocycles. The number of hydrogen-bond acceptors (Lipinski definition) is 4. The van der Waals surface area contributed by atoms with Gasteiger partial charge in [-0.25, -0.2) is 10.5 Å². The molecule has 0 aliphatic carbocycles. The number of nitrogens with two attached hydrogens (primary N) is 1. The monoisotopic (exact) mass is 213 g/mol. The van der Waals surface area contributed by atoms with Crippen molar-refractivity contribution in [2.45, 2.75) is 0 Å². The van der Waals surface area contributed by atoms with Gasteiger partial charge in [-0.3, -0.25) is 4.57 Å². The van der Waals surface area contributed by atoms with Crippen molar-refractivity contribution in [2.75, 3.05) is 7.11 Å². The van der Waals surface area contributed by atoms with Crippen molar-refractivity contribution in [1.29, 1.82) is 0 Å². The van der Waals surface area contributed by atoms with Crippen molar-refractivity contribution in [3.8, 4) is 0 Å². The summed E-state index contributed by atoms with van der Waals surface area (Å²) in [6.07, 6.45) is 1.64. The molecule has 1 aromatic rings. The molecule has 0 aliphatic rings. The van der Waals surface area contributed by atoms with E-state index < -0.39 is 7.60 Å². The second kappa shape index (κ2) is 5.08. The first-order chi connectivity index (χ1) is 6.70. The molecule has 0 saturated heterocycles. The molecule has 76 valence electrons. The van der Waals surface area contributed by atoms with Crippen molar-refractivity contribution in [3.05, 3.63) is 41.7 Å². The maximum atomic E-state index is 11.5. The number of hydrogen-bond donors (Lipinski definition) is 1. The molecule has 0 aliphatic heterocycles. The average molecular weight is 213 g/mol. The fourth-order valence-corrected chi connectivity index (χ4v) is 1.51. The van der Waals surface area contributed by atoms with E-state index in [9.17, 15) is 4.57 Å². The van der Waals surface area contributed by atoms with Crippen LogP contribution in [0.2, 0.25) is 0 Å². The third-order valence-electron chi connectivity index (χ3n) is 1.65. The van der Waals surface area contributed by atoms with Gasteiger partial charge >= 0.3 is 7.60 Å². The highest BCUT2D eigenvalue weighted by molar-refractivity contribution is 7.57. The van der Waals surface area contributed by atoms with Gasteiger partial charge in [-0.1, -0.05) is 30.3 Å². The smallest absolute Gasteiger partial charge is 0.308 e. The first kappa shape index (κ1) is 11.1. The van der Waals surface area contributed by atoms with Gasteiger partial charge in [-0.2, -0.15) is 0 Å². The minimum atomic E-state index is -3.25. The lowest BCUT2D eigenvalue weighted by molar-refractivity contribution is 0.249. The molecule has 0 amide bonds. The lowest BCUT2D eigenvalue weighted by Gasteiger charge is -2.06. The van der Waals surface area contributed by atoms with Crippen LogP contribution in [-0.2, 0) is 13.7 Å². The van der Waals surface area contributed by atoms with Crippen molar-refractivity contribution in [1.82, 2.24) is 0 Å². The van der Waals surface area contributed by atoms with E-state index in [1.165, 1.54) is 12.9 Å². The normalized spacial score (nSPS) is 15.6. The molecule has 1 aromatic carbocycles. The standard InChI is InChI=1S/C9H12NO3P/c1-12-14(11,13-10)8-7-9-5-3-2-4-6-9/h2-8H,10H2,1H3. The Bertz CT molecular complexity index is 342. The minimum Gasteiger partial charge on any atom is -0.308 e. The largest absolute Gasteiger partial charge is 0.370 e. The van der Waals surface area contributed by atoms with Gasteiger partial charge in [0, 0.05) is 12.9 Å². The predicted octanol–water partition coefficient (Wildman–Crippen LogP) is 2.39. The lowest BCUT2D eigenvalue weighted by Crippen LogP contribution is -1.96. The molecule has 0 saturated carbocycles. The molecule has 4 nitrogen and oxygen atoms in total. The Balaban J connectivity index is 2.78. The summed E-state index contributed by atoms with van der Waals surface area (Å²) in [4.78, 5) is 0. The Morgan fingerprint density at radius 3 is 2.50 bits per heavy atom. The molecule has 0 radical (unpaired) electrons. The predicted molar refractivity (Wildman–Crippen MR) is 55.4 cm³/mol. The van der Waals surface area contributed by atoms with Crippen molar-refractivity contribution in [3.63, 3.8) is 0 Å². The molecule has 0 spiro atoms. The van der Waals surface area contributed by atoms with E-state index in [0.717, 1.165) is 5.56 Å². The average Bonchev–Trinajstić information content (AvgIpc) is 2.27. The molecule has 2 N–H and O–H groups in total. The van der Waals surface area contributed by atoms with E-state index >= 15 is 0 Å². The summed E-state index contributed by atoms with van der Waals surface area (Å²) in [5, 5.41) is 0. The zero-order valence-electron chi connectivity index (χ0n) is 7.79. The highest BCUT2D eigenvalue weighted by atomic mass is 31.2. The summed E-state index contributed by atoms with van der Waals surface area (Å²) in [6, 6.07) is 9.38. The molecular formula is C9H12NO3P. The zero-order chi connectivity index (χ0) is 10.4. The van der Waals surface area contributed by atoms with E-state index in [-0.39, 0.29) is 0 Å². The van der Waals surface area contributed by atoms with Gasteiger partial charge < -0.3 is 4.52 Å². The van der Waals surface area contributed by atoms with E-state index in [4.69, 9.17) is 5.90 Å². The maximum Gasteiger partial charge on any atom is 0.370 e. The van der Waals surface area contributed by atoms with Crippen LogP contribution in [-0.4, -0.2) is 7.11 Å². The topological polar surface area (TPSA) is 61.5 Å². The van der Waals surface area contributed by atoms with Crippen LogP contribution in [0.4, 0.5) is 0 Å². The van der Waals surface area contributed by atoms with E-state index in [1.807, 2.05) is 30.3 Å². The molecular weight excluding hydrogens is 201 g/mol. The van der Waals surface area contributed by atoms with Crippen LogP contribution in [0, 0.1) is 0 Å². The fraction of sp³-hybridized carbons (Fsp3) is 0.111. The summed E-state index contributed by atoms with van der Waals surface area (Å²) >= 11 is 0. The van der Waals surface area contributed by atoms with Gasteiger partial charge in [-0.05, 0) is 11.6 Å². The maximum absolute atomic E-state index is 11.5. The Kier molecular flexibility index (Phi) is 4.04. The summed E-state index contributed by atoms with van der Waals surface area (Å²) < 4.78 is 20.4. The van der Waals surface area contributed by atoms with Crippen molar-refractivity contribution in [2.24, 2.45) is 5.90 Å². The molecule has 14 heavy (non-hydrogen) atoms. The fourth-order valence-electron chi connectivity index (χ4n) is 0.881. The third kappa shape index (κ3) is 3.09. The minimum absolute atomic E-state index is 0.904. The molecule has 0 bridgehead atoms. The summed E-state index contributed by atoms with van der Waals surface area (Å²) in [7, 11) is -1.97. The Morgan fingerprint density at radius 2 is 2.00 bits per heavy atom. The van der Waals surface area contributed by atoms with Gasteiger partial charge in [0.2, 0.25) is 0 Å². The molecule has 1 atom stereocenters. The first-order valence-corrected chi connectivity index (χ1v) is 5.59. The van der Waals surface area contributed by atoms with E-state index in [2.05, 4.69) is 9.15 Å². The highest BCUT2D eigenvalue weighted by Crippen LogP contribution is 2.47. The second-order valence-corrected chi connectivity index (χ2v) is 4.51. The molecule has 1 rings (SSSR count). The van der Waals surface area contributed by atoms with Crippen LogP contribution in [0.15, 0.2) is 36.1 Å². The Morgan fingerprint density at radius 1 is 1.36 bits per heavy atom. The SMILES string of the molecule is COP(=O)(C=Cc1ccccc1)ON. The number of rotatable bonds is 4. The molecule has 1 unspecified atom stereocenters. The number of benzene rings is 1. The van der Waals surface area contributed by atoms with Gasteiger partial charge in [-0.15, -0.1) is 0 Å². The van der Waals surface area contributed by atoms with Gasteiger partial charge in [0.15, 0.2) is 0 Å². The Labute approximate surface area is 82.8 Å². The van der Waals surface area contributed by atoms with E-state index in [1.54, 1.807) is 6.08 Å². The molecule has 5 heteroatoms. The van der Waals surface area contributed by atoms with Crippen LogP contribution >= 0.6 is 7.60 Å². The van der Waals surface area contributed by atoms with Crippen molar-refractivity contribution >= 4 is 13.7 Å². The van der Waals surface area contributed by atoms with Crippen LogP contribution in [0.3, 0.4) is 0 Å². The summed E-state index contributed by atoms with van der Waals surface area (Å²) in [5.74, 6) is 6.16. The quantitative estimate of drug-likeness (QED) is 0.616. The first-order valence-electron chi connectivity index (χ1n) is 3.98. The van der Waals surface area contributed by atoms with Crippen LogP contribution in [0.25, 0.3) is 6.08 Å². The van der Waals surface area contributed by atoms with Crippen LogP contribution in [0.5, 0.6) is 0 Å². The molecule has 0 fully saturated rings.